The van der Waals surface area contributed by atoms with E-state index in [0.29, 0.717) is 5.13 Å². The van der Waals surface area contributed by atoms with E-state index < -0.39 is 0 Å². The molecule has 4 rings (SSSR count). The second kappa shape index (κ2) is 7.25. The van der Waals surface area contributed by atoms with Crippen LogP contribution in [0.3, 0.4) is 0 Å². The Balaban J connectivity index is 1.39. The van der Waals surface area contributed by atoms with E-state index >= 15 is 0 Å². The number of benzene rings is 2. The van der Waals surface area contributed by atoms with Gasteiger partial charge in [0.1, 0.15) is 5.01 Å². The van der Waals surface area contributed by atoms with Crippen LogP contribution in [0, 0.1) is 6.92 Å². The van der Waals surface area contributed by atoms with Crippen molar-refractivity contribution in [3.63, 3.8) is 0 Å². The first kappa shape index (κ1) is 16.7. The minimum Gasteiger partial charge on any atom is -0.317 e. The summed E-state index contributed by atoms with van der Waals surface area (Å²) in [6, 6.07) is 18.5. The lowest BCUT2D eigenvalue weighted by molar-refractivity contribution is 0.126. The van der Waals surface area contributed by atoms with Crippen molar-refractivity contribution in [3.05, 3.63) is 76.3 Å². The Kier molecular flexibility index (Phi) is 4.67. The van der Waals surface area contributed by atoms with Crippen molar-refractivity contribution in [2.24, 2.45) is 0 Å². The Hall–Kier alpha value is -2.73. The summed E-state index contributed by atoms with van der Waals surface area (Å²) in [6.45, 7) is 2.84. The molecule has 0 bridgehead atoms. The van der Waals surface area contributed by atoms with Gasteiger partial charge in [0.15, 0.2) is 0 Å². The van der Waals surface area contributed by atoms with Crippen molar-refractivity contribution in [1.29, 1.82) is 0 Å². The van der Waals surface area contributed by atoms with Crippen LogP contribution < -0.4 is 5.32 Å². The molecule has 0 saturated carbocycles. The minimum absolute atomic E-state index is 0.108. The zero-order chi connectivity index (χ0) is 17.9. The van der Waals surface area contributed by atoms with Crippen LogP contribution in [0.1, 0.15) is 34.2 Å². The minimum atomic E-state index is -0.108. The number of aromatic nitrogens is 2. The number of rotatable bonds is 4. The van der Waals surface area contributed by atoms with Crippen LogP contribution in [0.2, 0.25) is 0 Å². The van der Waals surface area contributed by atoms with Gasteiger partial charge in [-0.1, -0.05) is 71.5 Å². The molecule has 26 heavy (non-hydrogen) atoms. The fourth-order valence-corrected chi connectivity index (χ4v) is 3.95. The fourth-order valence-electron chi connectivity index (χ4n) is 3.19. The molecule has 1 saturated heterocycles. The van der Waals surface area contributed by atoms with Crippen molar-refractivity contribution in [2.45, 2.75) is 25.8 Å². The third-order valence-electron chi connectivity index (χ3n) is 4.58. The number of nitrogens with one attached hydrogen (secondary N) is 1. The summed E-state index contributed by atoms with van der Waals surface area (Å²) in [5.41, 5.74) is 3.60. The van der Waals surface area contributed by atoms with E-state index in [1.807, 2.05) is 29.2 Å². The molecule has 1 atom stereocenters. The highest BCUT2D eigenvalue weighted by Gasteiger charge is 2.33. The first-order valence-electron chi connectivity index (χ1n) is 8.69. The maximum atomic E-state index is 12.5. The summed E-state index contributed by atoms with van der Waals surface area (Å²) in [5.74, 6) is 0. The summed E-state index contributed by atoms with van der Waals surface area (Å²) in [4.78, 5) is 14.4. The Morgan fingerprint density at radius 1 is 1.19 bits per heavy atom. The number of carbonyl (C=O) groups excluding carboxylic acids is 1. The number of aryl methyl sites for hydroxylation is 1. The van der Waals surface area contributed by atoms with Gasteiger partial charge in [0.05, 0.1) is 6.04 Å². The SMILES string of the molecule is Cc1cccc(Cc2nnc(NC(=O)N3CCC3c3ccccc3)s2)c1. The van der Waals surface area contributed by atoms with Crippen LogP contribution in [0.4, 0.5) is 9.93 Å². The topological polar surface area (TPSA) is 58.1 Å². The molecule has 2 aromatic carbocycles. The highest BCUT2D eigenvalue weighted by molar-refractivity contribution is 7.15. The molecule has 0 spiro atoms. The number of urea groups is 1. The summed E-state index contributed by atoms with van der Waals surface area (Å²) in [5, 5.41) is 12.7. The van der Waals surface area contributed by atoms with Crippen LogP contribution in [0.25, 0.3) is 0 Å². The summed E-state index contributed by atoms with van der Waals surface area (Å²) < 4.78 is 0. The second-order valence-electron chi connectivity index (χ2n) is 6.51. The molecule has 5 nitrogen and oxygen atoms in total. The molecule has 1 unspecified atom stereocenters. The lowest BCUT2D eigenvalue weighted by Gasteiger charge is -2.40. The number of likely N-dealkylation sites (tertiary alicyclic amines) is 1. The summed E-state index contributed by atoms with van der Waals surface area (Å²) in [6.07, 6.45) is 1.72. The van der Waals surface area contributed by atoms with Gasteiger partial charge in [-0.2, -0.15) is 0 Å². The Labute approximate surface area is 156 Å². The maximum Gasteiger partial charge on any atom is 0.324 e. The fraction of sp³-hybridized carbons (Fsp3) is 0.250. The Morgan fingerprint density at radius 3 is 2.77 bits per heavy atom. The van der Waals surface area contributed by atoms with Gasteiger partial charge in [-0.05, 0) is 24.5 Å². The van der Waals surface area contributed by atoms with Crippen molar-refractivity contribution in [2.75, 3.05) is 11.9 Å². The average molecular weight is 364 g/mol. The zero-order valence-electron chi connectivity index (χ0n) is 14.6. The molecule has 1 aliphatic heterocycles. The number of amides is 2. The highest BCUT2D eigenvalue weighted by Crippen LogP contribution is 2.33. The quantitative estimate of drug-likeness (QED) is 0.746. The van der Waals surface area contributed by atoms with Crippen molar-refractivity contribution in [1.82, 2.24) is 15.1 Å². The lowest BCUT2D eigenvalue weighted by Crippen LogP contribution is -2.47. The van der Waals surface area contributed by atoms with E-state index in [4.69, 9.17) is 0 Å². The highest BCUT2D eigenvalue weighted by atomic mass is 32.1. The van der Waals surface area contributed by atoms with Gasteiger partial charge in [-0.15, -0.1) is 10.2 Å². The first-order valence-corrected chi connectivity index (χ1v) is 9.51. The number of hydrogen-bond acceptors (Lipinski definition) is 4. The largest absolute Gasteiger partial charge is 0.324 e. The van der Waals surface area contributed by atoms with Crippen LogP contribution in [0.15, 0.2) is 54.6 Å². The maximum absolute atomic E-state index is 12.5. The molecular weight excluding hydrogens is 344 g/mol. The van der Waals surface area contributed by atoms with E-state index in [0.717, 1.165) is 24.4 Å². The summed E-state index contributed by atoms with van der Waals surface area (Å²) >= 11 is 1.43. The Morgan fingerprint density at radius 2 is 2.04 bits per heavy atom. The second-order valence-corrected chi connectivity index (χ2v) is 7.57. The predicted molar refractivity (Wildman–Crippen MR) is 103 cm³/mol. The molecule has 1 aromatic heterocycles. The Bertz CT molecular complexity index is 909. The lowest BCUT2D eigenvalue weighted by atomic mass is 9.95. The molecule has 2 heterocycles. The molecular formula is C20H20N4OS. The van der Waals surface area contributed by atoms with Crippen molar-refractivity contribution >= 4 is 22.5 Å². The molecule has 3 aromatic rings. The predicted octanol–water partition coefficient (Wildman–Crippen LogP) is 4.42. The third kappa shape index (κ3) is 3.60. The third-order valence-corrected chi connectivity index (χ3v) is 5.42. The average Bonchev–Trinajstić information content (AvgIpc) is 3.01. The van der Waals surface area contributed by atoms with Gasteiger partial charge in [-0.3, -0.25) is 5.32 Å². The molecule has 1 N–H and O–H groups in total. The number of carbonyl (C=O) groups is 1. The van der Waals surface area contributed by atoms with E-state index in [-0.39, 0.29) is 12.1 Å². The van der Waals surface area contributed by atoms with Gasteiger partial charge in [0.25, 0.3) is 0 Å². The first-order chi connectivity index (χ1) is 12.7. The number of nitrogens with zero attached hydrogens (tertiary/aromatic N) is 3. The van der Waals surface area contributed by atoms with Gasteiger partial charge in [0, 0.05) is 13.0 Å². The van der Waals surface area contributed by atoms with Crippen LogP contribution >= 0.6 is 11.3 Å². The van der Waals surface area contributed by atoms with Crippen LogP contribution in [-0.4, -0.2) is 27.7 Å². The van der Waals surface area contributed by atoms with Crippen molar-refractivity contribution < 1.29 is 4.79 Å². The number of anilines is 1. The van der Waals surface area contributed by atoms with Crippen molar-refractivity contribution in [3.8, 4) is 0 Å². The number of hydrogen-bond donors (Lipinski definition) is 1. The summed E-state index contributed by atoms with van der Waals surface area (Å²) in [7, 11) is 0. The molecule has 132 valence electrons. The normalized spacial score (nSPS) is 16.2. The van der Waals surface area contributed by atoms with Gasteiger partial charge >= 0.3 is 6.03 Å². The van der Waals surface area contributed by atoms with E-state index in [1.165, 1.54) is 28.0 Å². The van der Waals surface area contributed by atoms with E-state index in [9.17, 15) is 4.79 Å². The van der Waals surface area contributed by atoms with E-state index in [1.54, 1.807) is 0 Å². The monoisotopic (exact) mass is 364 g/mol. The van der Waals surface area contributed by atoms with Gasteiger partial charge < -0.3 is 4.90 Å². The van der Waals surface area contributed by atoms with Gasteiger partial charge in [-0.25, -0.2) is 4.79 Å². The molecule has 0 aliphatic carbocycles. The zero-order valence-corrected chi connectivity index (χ0v) is 15.4. The standard InChI is InChI=1S/C20H20N4OS/c1-14-6-5-7-15(12-14)13-18-22-23-19(26-18)21-20(25)24-11-10-17(24)16-8-3-2-4-9-16/h2-9,12,17H,10-11,13H2,1H3,(H,21,23,25). The molecule has 1 fully saturated rings. The molecule has 2 amide bonds. The van der Waals surface area contributed by atoms with E-state index in [2.05, 4.69) is 52.8 Å². The van der Waals surface area contributed by atoms with Crippen LogP contribution in [-0.2, 0) is 6.42 Å². The van der Waals surface area contributed by atoms with Gasteiger partial charge in [0.2, 0.25) is 5.13 Å². The van der Waals surface area contributed by atoms with Crippen LogP contribution in [0.5, 0.6) is 0 Å². The smallest absolute Gasteiger partial charge is 0.317 e. The molecule has 0 radical (unpaired) electrons. The molecule has 6 heteroatoms. The molecule has 1 aliphatic rings.